The second-order valence-corrected chi connectivity index (χ2v) is 4.56. The van der Waals surface area contributed by atoms with E-state index in [1.165, 1.54) is 18.2 Å². The van der Waals surface area contributed by atoms with Gasteiger partial charge in [0.1, 0.15) is 5.75 Å². The highest BCUT2D eigenvalue weighted by atomic mass is 35.5. The van der Waals surface area contributed by atoms with E-state index in [4.69, 9.17) is 16.3 Å². The normalized spacial score (nSPS) is 10.3. The zero-order chi connectivity index (χ0) is 14.7. The SMILES string of the molecule is Cn1ccc(C(=O)COc2ccc([N+](=O)[O-])cc2Cl)c1. The van der Waals surface area contributed by atoms with Gasteiger partial charge >= 0.3 is 0 Å². The molecule has 0 aliphatic heterocycles. The molecule has 104 valence electrons. The van der Waals surface area contributed by atoms with Crippen LogP contribution < -0.4 is 4.74 Å². The standard InChI is InChI=1S/C13H11ClN2O4/c1-15-5-4-9(7-15)12(17)8-20-13-3-2-10(16(18)19)6-11(13)14/h2-7H,8H2,1H3. The maximum Gasteiger partial charge on any atom is 0.271 e. The number of halogens is 1. The Hall–Kier alpha value is -2.34. The molecule has 0 aliphatic rings. The number of non-ortho nitro benzene ring substituents is 1. The molecule has 1 heterocycles. The Balaban J connectivity index is 2.04. The summed E-state index contributed by atoms with van der Waals surface area (Å²) in [4.78, 5) is 21.8. The molecule has 0 atom stereocenters. The van der Waals surface area contributed by atoms with Crippen molar-refractivity contribution in [3.8, 4) is 5.75 Å². The third-order valence-electron chi connectivity index (χ3n) is 2.64. The first-order valence-electron chi connectivity index (χ1n) is 5.69. The van der Waals surface area contributed by atoms with E-state index in [-0.39, 0.29) is 28.8 Å². The zero-order valence-electron chi connectivity index (χ0n) is 10.6. The predicted molar refractivity (Wildman–Crippen MR) is 73.3 cm³/mol. The average molecular weight is 295 g/mol. The summed E-state index contributed by atoms with van der Waals surface area (Å²) in [5, 5.41) is 10.7. The molecular formula is C13H11ClN2O4. The lowest BCUT2D eigenvalue weighted by Gasteiger charge is -2.06. The maximum absolute atomic E-state index is 11.8. The van der Waals surface area contributed by atoms with Gasteiger partial charge in [-0.05, 0) is 12.1 Å². The molecule has 0 radical (unpaired) electrons. The summed E-state index contributed by atoms with van der Waals surface area (Å²) in [6.07, 6.45) is 3.44. The topological polar surface area (TPSA) is 74.4 Å². The Morgan fingerprint density at radius 2 is 2.20 bits per heavy atom. The number of aromatic nitrogens is 1. The highest BCUT2D eigenvalue weighted by Crippen LogP contribution is 2.28. The summed E-state index contributed by atoms with van der Waals surface area (Å²) in [7, 11) is 1.81. The van der Waals surface area contributed by atoms with Gasteiger partial charge in [0.2, 0.25) is 5.78 Å². The number of carbonyl (C=O) groups is 1. The molecule has 2 aromatic rings. The highest BCUT2D eigenvalue weighted by molar-refractivity contribution is 6.32. The Morgan fingerprint density at radius 3 is 2.75 bits per heavy atom. The van der Waals surface area contributed by atoms with Gasteiger partial charge in [0, 0.05) is 37.1 Å². The van der Waals surface area contributed by atoms with Crippen LogP contribution in [0, 0.1) is 10.1 Å². The summed E-state index contributed by atoms with van der Waals surface area (Å²) in [5.41, 5.74) is 0.405. The van der Waals surface area contributed by atoms with Crippen LogP contribution in [0.5, 0.6) is 5.75 Å². The molecule has 0 saturated carbocycles. The van der Waals surface area contributed by atoms with Gasteiger partial charge in [-0.3, -0.25) is 14.9 Å². The lowest BCUT2D eigenvalue weighted by atomic mass is 10.2. The van der Waals surface area contributed by atoms with E-state index in [0.29, 0.717) is 5.56 Å². The lowest BCUT2D eigenvalue weighted by molar-refractivity contribution is -0.384. The van der Waals surface area contributed by atoms with Crippen molar-refractivity contribution >= 4 is 23.1 Å². The summed E-state index contributed by atoms with van der Waals surface area (Å²) >= 11 is 5.86. The van der Waals surface area contributed by atoms with E-state index >= 15 is 0 Å². The van der Waals surface area contributed by atoms with Gasteiger partial charge in [-0.25, -0.2) is 0 Å². The van der Waals surface area contributed by atoms with Crippen LogP contribution in [-0.4, -0.2) is 21.9 Å². The predicted octanol–water partition coefficient (Wildman–Crippen LogP) is 2.85. The number of nitro benzene ring substituents is 1. The molecule has 0 fully saturated rings. The van der Waals surface area contributed by atoms with Gasteiger partial charge in [0.05, 0.1) is 9.95 Å². The minimum atomic E-state index is -0.551. The number of benzene rings is 1. The molecule has 0 unspecified atom stereocenters. The Kier molecular flexibility index (Phi) is 4.05. The van der Waals surface area contributed by atoms with Crippen molar-refractivity contribution in [2.75, 3.05) is 6.61 Å². The zero-order valence-corrected chi connectivity index (χ0v) is 11.3. The van der Waals surface area contributed by atoms with Crippen LogP contribution in [0.25, 0.3) is 0 Å². The molecule has 0 amide bonds. The number of nitro groups is 1. The first kappa shape index (κ1) is 14.1. The molecular weight excluding hydrogens is 284 g/mol. The summed E-state index contributed by atoms with van der Waals surface area (Å²) in [5.74, 6) is 0.0431. The number of rotatable bonds is 5. The summed E-state index contributed by atoms with van der Waals surface area (Å²) in [6, 6.07) is 5.51. The van der Waals surface area contributed by atoms with E-state index in [9.17, 15) is 14.9 Å². The third kappa shape index (κ3) is 3.16. The number of nitrogens with zero attached hydrogens (tertiary/aromatic N) is 2. The van der Waals surface area contributed by atoms with E-state index in [1.54, 1.807) is 23.0 Å². The van der Waals surface area contributed by atoms with Crippen LogP contribution in [0.1, 0.15) is 10.4 Å². The van der Waals surface area contributed by atoms with Crippen LogP contribution in [0.15, 0.2) is 36.7 Å². The van der Waals surface area contributed by atoms with E-state index in [1.807, 2.05) is 7.05 Å². The second-order valence-electron chi connectivity index (χ2n) is 4.15. The van der Waals surface area contributed by atoms with E-state index < -0.39 is 4.92 Å². The van der Waals surface area contributed by atoms with Crippen molar-refractivity contribution in [3.05, 3.63) is 57.4 Å². The van der Waals surface area contributed by atoms with Crippen LogP contribution in [0.3, 0.4) is 0 Å². The summed E-state index contributed by atoms with van der Waals surface area (Å²) < 4.78 is 7.04. The number of ketones is 1. The van der Waals surface area contributed by atoms with Gasteiger partial charge in [-0.2, -0.15) is 0 Å². The first-order valence-corrected chi connectivity index (χ1v) is 6.07. The van der Waals surface area contributed by atoms with Crippen molar-refractivity contribution in [2.45, 2.75) is 0 Å². The molecule has 1 aromatic carbocycles. The van der Waals surface area contributed by atoms with Crippen molar-refractivity contribution in [1.29, 1.82) is 0 Å². The number of Topliss-reactive ketones (excluding diaryl/α,β-unsaturated/α-hetero) is 1. The third-order valence-corrected chi connectivity index (χ3v) is 2.93. The van der Waals surface area contributed by atoms with Crippen LogP contribution in [0.4, 0.5) is 5.69 Å². The van der Waals surface area contributed by atoms with Crippen LogP contribution in [0.2, 0.25) is 5.02 Å². The number of hydrogen-bond acceptors (Lipinski definition) is 4. The summed E-state index contributed by atoms with van der Waals surface area (Å²) in [6.45, 7) is -0.179. The lowest BCUT2D eigenvalue weighted by Crippen LogP contribution is -2.11. The van der Waals surface area contributed by atoms with Crippen molar-refractivity contribution in [1.82, 2.24) is 4.57 Å². The molecule has 1 aromatic heterocycles. The first-order chi connectivity index (χ1) is 9.47. The van der Waals surface area contributed by atoms with Crippen molar-refractivity contribution < 1.29 is 14.5 Å². The minimum absolute atomic E-state index is 0.0973. The fraction of sp³-hybridized carbons (Fsp3) is 0.154. The largest absolute Gasteiger partial charge is 0.484 e. The molecule has 6 nitrogen and oxygen atoms in total. The fourth-order valence-electron chi connectivity index (χ4n) is 1.62. The molecule has 2 rings (SSSR count). The smallest absolute Gasteiger partial charge is 0.271 e. The highest BCUT2D eigenvalue weighted by Gasteiger charge is 2.12. The molecule has 0 saturated heterocycles. The van der Waals surface area contributed by atoms with Gasteiger partial charge < -0.3 is 9.30 Å². The fourth-order valence-corrected chi connectivity index (χ4v) is 1.84. The molecule has 0 spiro atoms. The Labute approximate surface area is 119 Å². The van der Waals surface area contributed by atoms with Gasteiger partial charge in [-0.15, -0.1) is 0 Å². The molecule has 0 N–H and O–H groups in total. The van der Waals surface area contributed by atoms with Crippen molar-refractivity contribution in [2.24, 2.45) is 7.05 Å². The van der Waals surface area contributed by atoms with Gasteiger partial charge in [0.15, 0.2) is 6.61 Å². The monoisotopic (exact) mass is 294 g/mol. The molecule has 7 heteroatoms. The second kappa shape index (κ2) is 5.75. The van der Waals surface area contributed by atoms with Gasteiger partial charge in [0.25, 0.3) is 5.69 Å². The molecule has 20 heavy (non-hydrogen) atoms. The van der Waals surface area contributed by atoms with Crippen LogP contribution in [-0.2, 0) is 7.05 Å². The molecule has 0 bridgehead atoms. The Bertz CT molecular complexity index is 666. The van der Waals surface area contributed by atoms with E-state index in [2.05, 4.69) is 0 Å². The number of hydrogen-bond donors (Lipinski definition) is 0. The van der Waals surface area contributed by atoms with Gasteiger partial charge in [-0.1, -0.05) is 11.6 Å². The minimum Gasteiger partial charge on any atom is -0.484 e. The van der Waals surface area contributed by atoms with E-state index in [0.717, 1.165) is 0 Å². The maximum atomic E-state index is 11.8. The number of ether oxygens (including phenoxy) is 1. The number of aryl methyl sites for hydroxylation is 1. The average Bonchev–Trinajstić information content (AvgIpc) is 2.83. The quantitative estimate of drug-likeness (QED) is 0.483. The van der Waals surface area contributed by atoms with Crippen molar-refractivity contribution in [3.63, 3.8) is 0 Å². The van der Waals surface area contributed by atoms with Crippen LogP contribution >= 0.6 is 11.6 Å². The molecule has 0 aliphatic carbocycles. The number of carbonyl (C=O) groups excluding carboxylic acids is 1. The Morgan fingerprint density at radius 1 is 1.45 bits per heavy atom.